The predicted octanol–water partition coefficient (Wildman–Crippen LogP) is 4.96. The Morgan fingerprint density at radius 3 is 2.63 bits per heavy atom. The highest BCUT2D eigenvalue weighted by atomic mass is 32.1. The van der Waals surface area contributed by atoms with Gasteiger partial charge in [-0.05, 0) is 67.7 Å². The van der Waals surface area contributed by atoms with Crippen LogP contribution in [0.3, 0.4) is 0 Å². The number of hydrogen-bond donors (Lipinski definition) is 0. The molecule has 2 atom stereocenters. The van der Waals surface area contributed by atoms with Gasteiger partial charge in [0.15, 0.2) is 0 Å². The first-order valence-electron chi connectivity index (χ1n) is 11.2. The molecule has 30 heavy (non-hydrogen) atoms. The van der Waals surface area contributed by atoms with E-state index in [1.54, 1.807) is 11.3 Å². The molecule has 0 N–H and O–H groups in total. The number of thiophene rings is 1. The third kappa shape index (κ3) is 3.92. The Balaban J connectivity index is 1.62. The maximum Gasteiger partial charge on any atom is 0.243 e. The van der Waals surface area contributed by atoms with E-state index >= 15 is 0 Å². The van der Waals surface area contributed by atoms with E-state index in [1.807, 2.05) is 15.9 Å². The van der Waals surface area contributed by atoms with Gasteiger partial charge in [0, 0.05) is 23.4 Å². The minimum atomic E-state index is -0.0636. The summed E-state index contributed by atoms with van der Waals surface area (Å²) in [4.78, 5) is 31.9. The van der Waals surface area contributed by atoms with Gasteiger partial charge in [0.2, 0.25) is 11.8 Å². The first kappa shape index (κ1) is 21.1. The van der Waals surface area contributed by atoms with Gasteiger partial charge in [-0.25, -0.2) is 0 Å². The van der Waals surface area contributed by atoms with Crippen LogP contribution >= 0.6 is 11.3 Å². The Labute approximate surface area is 183 Å². The zero-order chi connectivity index (χ0) is 21.3. The van der Waals surface area contributed by atoms with Crippen molar-refractivity contribution in [2.45, 2.75) is 65.0 Å². The summed E-state index contributed by atoms with van der Waals surface area (Å²) in [7, 11) is 0. The van der Waals surface area contributed by atoms with Crippen LogP contribution in [0.5, 0.6) is 0 Å². The molecule has 2 heterocycles. The summed E-state index contributed by atoms with van der Waals surface area (Å²) in [5, 5.41) is 2.13. The van der Waals surface area contributed by atoms with Gasteiger partial charge < -0.3 is 9.80 Å². The second-order valence-electron chi connectivity index (χ2n) is 8.75. The first-order valence-corrected chi connectivity index (χ1v) is 12.1. The number of aryl methyl sites for hydroxylation is 1. The lowest BCUT2D eigenvalue weighted by molar-refractivity contribution is -0.147. The van der Waals surface area contributed by atoms with Crippen molar-refractivity contribution in [1.29, 1.82) is 0 Å². The zero-order valence-electron chi connectivity index (χ0n) is 18.3. The van der Waals surface area contributed by atoms with Gasteiger partial charge in [0.25, 0.3) is 0 Å². The molecule has 2 amide bonds. The van der Waals surface area contributed by atoms with Crippen LogP contribution in [0.15, 0.2) is 35.7 Å². The number of benzene rings is 1. The van der Waals surface area contributed by atoms with Crippen LogP contribution in [0, 0.1) is 12.8 Å². The molecule has 1 fully saturated rings. The molecule has 0 spiro atoms. The second-order valence-corrected chi connectivity index (χ2v) is 9.75. The van der Waals surface area contributed by atoms with Crippen molar-refractivity contribution in [1.82, 2.24) is 9.80 Å². The summed E-state index contributed by atoms with van der Waals surface area (Å²) in [6.07, 6.45) is 4.81. The van der Waals surface area contributed by atoms with Gasteiger partial charge in [-0.1, -0.05) is 37.6 Å². The van der Waals surface area contributed by atoms with Gasteiger partial charge >= 0.3 is 0 Å². The molecule has 4 rings (SSSR count). The molecule has 0 bridgehead atoms. The van der Waals surface area contributed by atoms with E-state index < -0.39 is 0 Å². The average Bonchev–Trinajstić information content (AvgIpc) is 3.18. The standard InChI is InChI=1S/C25H32N2O2S/c1-4-18(3)27(25(29)19-9-7-10-19)16-23(28)26-14-12-22-21(13-15-30-22)24(26)20-11-6-5-8-17(20)2/h5-6,8,11,13,15,18-19,24H,4,7,9-10,12,14,16H2,1-3H3/t18-,24-/m1/s1. The van der Waals surface area contributed by atoms with E-state index in [0.717, 1.165) is 32.1 Å². The molecule has 2 aliphatic rings. The Kier molecular flexibility index (Phi) is 6.28. The van der Waals surface area contributed by atoms with E-state index in [2.05, 4.69) is 50.4 Å². The van der Waals surface area contributed by atoms with E-state index in [4.69, 9.17) is 0 Å². The largest absolute Gasteiger partial charge is 0.330 e. The van der Waals surface area contributed by atoms with Crippen LogP contribution in [0.25, 0.3) is 0 Å². The molecule has 0 unspecified atom stereocenters. The Morgan fingerprint density at radius 1 is 1.20 bits per heavy atom. The summed E-state index contributed by atoms with van der Waals surface area (Å²) in [6, 6.07) is 10.5. The van der Waals surface area contributed by atoms with Crippen LogP contribution in [-0.4, -0.2) is 40.7 Å². The molecular weight excluding hydrogens is 392 g/mol. The van der Waals surface area contributed by atoms with Crippen molar-refractivity contribution < 1.29 is 9.59 Å². The van der Waals surface area contributed by atoms with Crippen molar-refractivity contribution in [3.63, 3.8) is 0 Å². The summed E-state index contributed by atoms with van der Waals surface area (Å²) < 4.78 is 0. The first-order chi connectivity index (χ1) is 14.5. The van der Waals surface area contributed by atoms with E-state index in [-0.39, 0.29) is 36.4 Å². The molecule has 1 aliphatic carbocycles. The van der Waals surface area contributed by atoms with Crippen molar-refractivity contribution in [3.8, 4) is 0 Å². The SMILES string of the molecule is CC[C@@H](C)N(CC(=O)N1CCc2sccc2[C@H]1c1ccccc1C)C(=O)C1CCC1. The minimum Gasteiger partial charge on any atom is -0.330 e. The van der Waals surface area contributed by atoms with Gasteiger partial charge in [0.05, 0.1) is 6.04 Å². The third-order valence-corrected chi connectivity index (χ3v) is 7.93. The van der Waals surface area contributed by atoms with Crippen LogP contribution in [0.2, 0.25) is 0 Å². The highest BCUT2D eigenvalue weighted by Crippen LogP contribution is 2.39. The number of amides is 2. The molecule has 160 valence electrons. The fourth-order valence-electron chi connectivity index (χ4n) is 4.61. The summed E-state index contributed by atoms with van der Waals surface area (Å²) in [5.74, 6) is 0.349. The van der Waals surface area contributed by atoms with Gasteiger partial charge in [-0.3, -0.25) is 9.59 Å². The minimum absolute atomic E-state index is 0.0630. The van der Waals surface area contributed by atoms with Crippen molar-refractivity contribution >= 4 is 23.2 Å². The van der Waals surface area contributed by atoms with Crippen molar-refractivity contribution in [3.05, 3.63) is 57.3 Å². The highest BCUT2D eigenvalue weighted by Gasteiger charge is 2.37. The molecule has 2 aromatic rings. The van der Waals surface area contributed by atoms with Gasteiger partial charge in [-0.2, -0.15) is 0 Å². The van der Waals surface area contributed by atoms with Crippen LogP contribution in [0.1, 0.15) is 67.1 Å². The Hall–Kier alpha value is -2.14. The maximum atomic E-state index is 13.6. The van der Waals surface area contributed by atoms with Crippen LogP contribution in [-0.2, 0) is 16.0 Å². The number of carbonyl (C=O) groups is 2. The Bertz CT molecular complexity index is 917. The molecule has 0 saturated heterocycles. The fourth-order valence-corrected chi connectivity index (χ4v) is 5.52. The Morgan fingerprint density at radius 2 is 1.97 bits per heavy atom. The molecule has 5 heteroatoms. The van der Waals surface area contributed by atoms with E-state index in [1.165, 1.54) is 21.6 Å². The average molecular weight is 425 g/mol. The number of fused-ring (bicyclic) bond motifs is 1. The summed E-state index contributed by atoms with van der Waals surface area (Å²) in [6.45, 7) is 7.16. The number of hydrogen-bond acceptors (Lipinski definition) is 3. The lowest BCUT2D eigenvalue weighted by Gasteiger charge is -2.40. The lowest BCUT2D eigenvalue weighted by atomic mass is 9.84. The van der Waals surface area contributed by atoms with Gasteiger partial charge in [-0.15, -0.1) is 11.3 Å². The maximum absolute atomic E-state index is 13.6. The normalized spacial score (nSPS) is 19.7. The predicted molar refractivity (Wildman–Crippen MR) is 122 cm³/mol. The van der Waals surface area contributed by atoms with Gasteiger partial charge in [0.1, 0.15) is 6.54 Å². The molecular formula is C25H32N2O2S. The monoisotopic (exact) mass is 424 g/mol. The van der Waals surface area contributed by atoms with Crippen molar-refractivity contribution in [2.75, 3.05) is 13.1 Å². The van der Waals surface area contributed by atoms with Crippen molar-refractivity contribution in [2.24, 2.45) is 5.92 Å². The van der Waals surface area contributed by atoms with Crippen LogP contribution < -0.4 is 0 Å². The molecule has 1 aromatic carbocycles. The quantitative estimate of drug-likeness (QED) is 0.658. The molecule has 1 saturated carbocycles. The van der Waals surface area contributed by atoms with Crippen LogP contribution in [0.4, 0.5) is 0 Å². The topological polar surface area (TPSA) is 40.6 Å². The number of carbonyl (C=O) groups excluding carboxylic acids is 2. The second kappa shape index (κ2) is 8.93. The summed E-state index contributed by atoms with van der Waals surface area (Å²) >= 11 is 1.78. The molecule has 1 aromatic heterocycles. The number of nitrogens with zero attached hydrogens (tertiary/aromatic N) is 2. The van der Waals surface area contributed by atoms with E-state index in [9.17, 15) is 9.59 Å². The lowest BCUT2D eigenvalue weighted by Crippen LogP contribution is -2.51. The third-order valence-electron chi connectivity index (χ3n) is 6.94. The zero-order valence-corrected chi connectivity index (χ0v) is 19.1. The molecule has 1 aliphatic heterocycles. The molecule has 4 nitrogen and oxygen atoms in total. The highest BCUT2D eigenvalue weighted by molar-refractivity contribution is 7.10. The summed E-state index contributed by atoms with van der Waals surface area (Å²) in [5.41, 5.74) is 3.63. The molecule has 0 radical (unpaired) electrons. The smallest absolute Gasteiger partial charge is 0.243 e. The van der Waals surface area contributed by atoms with E-state index in [0.29, 0.717) is 6.54 Å². The fraction of sp³-hybridized carbons (Fsp3) is 0.520. The number of rotatable bonds is 6.